The van der Waals surface area contributed by atoms with Crippen LogP contribution in [-0.4, -0.2) is 37.2 Å². The molecule has 4 aromatic carbocycles. The van der Waals surface area contributed by atoms with Gasteiger partial charge in [0.05, 0.1) is 24.3 Å². The van der Waals surface area contributed by atoms with E-state index in [-0.39, 0.29) is 0 Å². The highest BCUT2D eigenvalue weighted by molar-refractivity contribution is 6.02. The molecular weight excluding hydrogens is 560 g/mol. The number of hydrogen-bond donors (Lipinski definition) is 4. The lowest BCUT2D eigenvalue weighted by atomic mass is 10.00. The van der Waals surface area contributed by atoms with Gasteiger partial charge in [-0.2, -0.15) is 0 Å². The largest absolute Gasteiger partial charge is 0.462 e. The van der Waals surface area contributed by atoms with E-state index in [0.717, 1.165) is 22.3 Å². The van der Waals surface area contributed by atoms with E-state index in [1.54, 1.807) is 62.4 Å². The van der Waals surface area contributed by atoms with Gasteiger partial charge in [0, 0.05) is 22.7 Å². The fourth-order valence-corrected chi connectivity index (χ4v) is 4.34. The maximum Gasteiger partial charge on any atom is 0.338 e. The van der Waals surface area contributed by atoms with Crippen molar-refractivity contribution in [2.24, 2.45) is 0 Å². The van der Waals surface area contributed by atoms with Gasteiger partial charge in [-0.15, -0.1) is 0 Å². The van der Waals surface area contributed by atoms with Gasteiger partial charge in [0.25, 0.3) is 0 Å². The van der Waals surface area contributed by atoms with Crippen LogP contribution < -0.4 is 21.3 Å². The third-order valence-electron chi connectivity index (χ3n) is 6.59. The van der Waals surface area contributed by atoms with Crippen molar-refractivity contribution in [3.8, 4) is 11.1 Å². The Labute approximate surface area is 255 Å². The first-order valence-corrected chi connectivity index (χ1v) is 14.1. The van der Waals surface area contributed by atoms with Crippen LogP contribution in [0.25, 0.3) is 11.1 Å². The second kappa shape index (κ2) is 14.5. The van der Waals surface area contributed by atoms with E-state index in [1.807, 2.05) is 50.2 Å². The number of carbonyl (C=O) groups excluding carboxylic acids is 4. The molecule has 10 nitrogen and oxygen atoms in total. The molecule has 44 heavy (non-hydrogen) atoms. The summed E-state index contributed by atoms with van der Waals surface area (Å²) in [4.78, 5) is 48.8. The quantitative estimate of drug-likeness (QED) is 0.147. The highest BCUT2D eigenvalue weighted by Gasteiger charge is 2.12. The van der Waals surface area contributed by atoms with E-state index in [4.69, 9.17) is 9.47 Å². The monoisotopic (exact) mass is 594 g/mol. The summed E-state index contributed by atoms with van der Waals surface area (Å²) in [7, 11) is 0. The first-order chi connectivity index (χ1) is 21.2. The molecule has 226 valence electrons. The van der Waals surface area contributed by atoms with Crippen molar-refractivity contribution in [3.63, 3.8) is 0 Å². The molecule has 0 fully saturated rings. The second-order valence-corrected chi connectivity index (χ2v) is 9.81. The Morgan fingerprint density at radius 1 is 0.523 bits per heavy atom. The molecule has 0 spiro atoms. The van der Waals surface area contributed by atoms with Gasteiger partial charge in [0.2, 0.25) is 0 Å². The minimum absolute atomic E-state index is 0.290. The highest BCUT2D eigenvalue weighted by Crippen LogP contribution is 2.28. The van der Waals surface area contributed by atoms with Crippen LogP contribution in [0.5, 0.6) is 0 Å². The van der Waals surface area contributed by atoms with E-state index < -0.39 is 24.0 Å². The summed E-state index contributed by atoms with van der Waals surface area (Å²) in [5, 5.41) is 11.2. The minimum atomic E-state index is -0.415. The highest BCUT2D eigenvalue weighted by atomic mass is 16.5. The number of benzene rings is 4. The molecule has 0 atom stereocenters. The van der Waals surface area contributed by atoms with Crippen LogP contribution in [0.4, 0.5) is 32.3 Å². The van der Waals surface area contributed by atoms with Crippen molar-refractivity contribution < 1.29 is 28.7 Å². The summed E-state index contributed by atoms with van der Waals surface area (Å²) in [6.07, 6.45) is 0. The zero-order valence-electron chi connectivity index (χ0n) is 24.9. The predicted octanol–water partition coefficient (Wildman–Crippen LogP) is 7.61. The number of nitrogens with one attached hydrogen (secondary N) is 4. The zero-order chi connectivity index (χ0) is 31.6. The molecule has 0 saturated heterocycles. The molecular formula is C34H34N4O6. The minimum Gasteiger partial charge on any atom is -0.462 e. The van der Waals surface area contributed by atoms with Gasteiger partial charge < -0.3 is 30.7 Å². The normalized spacial score (nSPS) is 10.4. The third kappa shape index (κ3) is 8.22. The van der Waals surface area contributed by atoms with E-state index in [1.165, 1.54) is 0 Å². The van der Waals surface area contributed by atoms with Crippen LogP contribution in [0.1, 0.15) is 45.7 Å². The van der Waals surface area contributed by atoms with Crippen LogP contribution in [0.2, 0.25) is 0 Å². The Morgan fingerprint density at radius 2 is 0.886 bits per heavy atom. The average molecular weight is 595 g/mol. The Balaban J connectivity index is 1.34. The second-order valence-electron chi connectivity index (χ2n) is 9.81. The number of urea groups is 2. The number of carbonyl (C=O) groups is 4. The van der Waals surface area contributed by atoms with Gasteiger partial charge in [-0.1, -0.05) is 12.1 Å². The Bertz CT molecular complexity index is 1540. The molecule has 4 N–H and O–H groups in total. The number of aryl methyl sites for hydroxylation is 2. The van der Waals surface area contributed by atoms with Crippen molar-refractivity contribution in [1.29, 1.82) is 0 Å². The maximum atomic E-state index is 12.6. The number of esters is 2. The summed E-state index contributed by atoms with van der Waals surface area (Å²) in [5.74, 6) is -0.830. The first kappa shape index (κ1) is 31.3. The summed E-state index contributed by atoms with van der Waals surface area (Å²) in [6.45, 7) is 7.87. The van der Waals surface area contributed by atoms with Crippen LogP contribution in [0.3, 0.4) is 0 Å². The number of anilines is 4. The van der Waals surface area contributed by atoms with Gasteiger partial charge in [-0.25, -0.2) is 19.2 Å². The summed E-state index contributed by atoms with van der Waals surface area (Å²) in [5.41, 5.74) is 6.81. The topological polar surface area (TPSA) is 135 Å². The maximum absolute atomic E-state index is 12.6. The summed E-state index contributed by atoms with van der Waals surface area (Å²) >= 11 is 0. The van der Waals surface area contributed by atoms with Crippen molar-refractivity contribution in [2.45, 2.75) is 27.7 Å². The number of hydrogen-bond acceptors (Lipinski definition) is 6. The number of amides is 4. The molecule has 0 aliphatic rings. The molecule has 0 bridgehead atoms. The lowest BCUT2D eigenvalue weighted by molar-refractivity contribution is 0.0517. The van der Waals surface area contributed by atoms with Crippen LogP contribution in [0, 0.1) is 13.8 Å². The molecule has 0 aliphatic heterocycles. The van der Waals surface area contributed by atoms with Crippen LogP contribution >= 0.6 is 0 Å². The fraction of sp³-hybridized carbons (Fsp3) is 0.176. The van der Waals surface area contributed by atoms with Crippen molar-refractivity contribution in [1.82, 2.24) is 0 Å². The van der Waals surface area contributed by atoms with E-state index >= 15 is 0 Å². The van der Waals surface area contributed by atoms with E-state index in [2.05, 4.69) is 21.3 Å². The fourth-order valence-electron chi connectivity index (χ4n) is 4.34. The van der Waals surface area contributed by atoms with Crippen LogP contribution in [0.15, 0.2) is 84.9 Å². The average Bonchev–Trinajstić information content (AvgIpc) is 3.00. The molecule has 0 heterocycles. The third-order valence-corrected chi connectivity index (χ3v) is 6.59. The number of ether oxygens (including phenoxy) is 2. The Kier molecular flexibility index (Phi) is 10.3. The first-order valence-electron chi connectivity index (χ1n) is 14.1. The van der Waals surface area contributed by atoms with Gasteiger partial charge in [-0.05, 0) is 123 Å². The standard InChI is InChI=1S/C34H34N4O6/c1-5-43-31(39)23-7-13-27(14-8-23)35-33(41)37-29-17-11-25(19-21(29)3)26-12-18-30(22(4)20-26)38-34(42)36-28-15-9-24(10-16-28)32(40)44-6-2/h7-20H,5-6H2,1-4H3,(H2,35,37,41)(H2,36,38,42). The smallest absolute Gasteiger partial charge is 0.338 e. The van der Waals surface area contributed by atoms with Crippen LogP contribution in [-0.2, 0) is 9.47 Å². The molecule has 0 aliphatic carbocycles. The molecule has 0 aromatic heterocycles. The Morgan fingerprint density at radius 3 is 1.20 bits per heavy atom. The van der Waals surface area contributed by atoms with Crippen molar-refractivity contribution in [2.75, 3.05) is 34.5 Å². The van der Waals surface area contributed by atoms with Gasteiger partial charge in [-0.3, -0.25) is 0 Å². The molecule has 4 amide bonds. The molecule has 4 aromatic rings. The van der Waals surface area contributed by atoms with E-state index in [9.17, 15) is 19.2 Å². The Hall–Kier alpha value is -5.64. The molecule has 0 saturated carbocycles. The summed E-state index contributed by atoms with van der Waals surface area (Å²) < 4.78 is 9.95. The van der Waals surface area contributed by atoms with Gasteiger partial charge >= 0.3 is 24.0 Å². The van der Waals surface area contributed by atoms with Gasteiger partial charge in [0.15, 0.2) is 0 Å². The van der Waals surface area contributed by atoms with Crippen molar-refractivity contribution in [3.05, 3.63) is 107 Å². The molecule has 4 rings (SSSR count). The molecule has 0 unspecified atom stereocenters. The molecule has 0 radical (unpaired) electrons. The predicted molar refractivity (Wildman–Crippen MR) is 171 cm³/mol. The lowest BCUT2D eigenvalue weighted by Gasteiger charge is -2.14. The SMILES string of the molecule is CCOC(=O)c1ccc(NC(=O)Nc2ccc(-c3ccc(NC(=O)Nc4ccc(C(=O)OCC)cc4)c(C)c3)cc2C)cc1. The van der Waals surface area contributed by atoms with Crippen molar-refractivity contribution >= 4 is 46.8 Å². The number of rotatable bonds is 9. The van der Waals surface area contributed by atoms with E-state index in [0.29, 0.717) is 47.1 Å². The zero-order valence-corrected chi connectivity index (χ0v) is 24.9. The van der Waals surface area contributed by atoms with Gasteiger partial charge in [0.1, 0.15) is 0 Å². The molecule has 10 heteroatoms. The summed E-state index contributed by atoms with van der Waals surface area (Å²) in [6, 6.07) is 23.5. The lowest BCUT2D eigenvalue weighted by Crippen LogP contribution is -2.20.